The highest BCUT2D eigenvalue weighted by Crippen LogP contribution is 2.27. The quantitative estimate of drug-likeness (QED) is 0.146. The molecule has 0 saturated carbocycles. The Labute approximate surface area is 234 Å². The Bertz CT molecular complexity index is 1070. The van der Waals surface area contributed by atoms with Gasteiger partial charge >= 0.3 is 0 Å². The van der Waals surface area contributed by atoms with Gasteiger partial charge in [-0.1, -0.05) is 66.8 Å². The van der Waals surface area contributed by atoms with Gasteiger partial charge in [-0.25, -0.2) is 3.11 Å². The first kappa shape index (κ1) is 27.1. The van der Waals surface area contributed by atoms with Gasteiger partial charge < -0.3 is 14.4 Å². The summed E-state index contributed by atoms with van der Waals surface area (Å²) in [6, 6.07) is 20.1. The summed E-state index contributed by atoms with van der Waals surface area (Å²) in [5, 5.41) is 1.32. The fourth-order valence-corrected chi connectivity index (χ4v) is 9.34. The Kier molecular flexibility index (Phi) is 12.1. The van der Waals surface area contributed by atoms with Crippen molar-refractivity contribution < 1.29 is 9.47 Å². The highest BCUT2D eigenvalue weighted by atomic mass is 127. The second-order valence-electron chi connectivity index (χ2n) is 7.94. The minimum atomic E-state index is -0.0954. The van der Waals surface area contributed by atoms with Crippen molar-refractivity contribution in [3.63, 3.8) is 0 Å². The van der Waals surface area contributed by atoms with Crippen molar-refractivity contribution in [1.29, 1.82) is 0 Å². The molecule has 0 bridgehead atoms. The van der Waals surface area contributed by atoms with Crippen molar-refractivity contribution >= 4 is 47.4 Å². The van der Waals surface area contributed by atoms with E-state index in [2.05, 4.69) is 50.5 Å². The molecule has 36 heavy (non-hydrogen) atoms. The van der Waals surface area contributed by atoms with Crippen LogP contribution in [-0.2, 0) is 0 Å². The van der Waals surface area contributed by atoms with Crippen LogP contribution in [0.4, 0.5) is 0 Å². The van der Waals surface area contributed by atoms with Gasteiger partial charge in [0.05, 0.1) is 14.4 Å². The van der Waals surface area contributed by atoms with Crippen molar-refractivity contribution in [3.05, 3.63) is 108 Å². The molecule has 0 unspecified atom stereocenters. The van der Waals surface area contributed by atoms with Crippen LogP contribution in [-0.4, -0.2) is 61.8 Å². The zero-order valence-corrected chi connectivity index (χ0v) is 24.2. The van der Waals surface area contributed by atoms with Crippen LogP contribution >= 0.6 is 44.5 Å². The minimum Gasteiger partial charge on any atom is -0.492 e. The number of halogens is 1. The Balaban J connectivity index is 1.16. The molecule has 2 aromatic carbocycles. The van der Waals surface area contributed by atoms with E-state index in [9.17, 15) is 0 Å². The van der Waals surface area contributed by atoms with Gasteiger partial charge in [0.25, 0.3) is 0 Å². The SMILES string of the molecule is C(/C=C/C=C/C=C/C1=IN(CCOc2ccccc2)CCS1)=C1/SCCN1CCOc1ccccc1. The molecule has 0 aliphatic carbocycles. The number of allylic oxidation sites excluding steroid dienone is 6. The molecule has 0 amide bonds. The second kappa shape index (κ2) is 16.0. The highest BCUT2D eigenvalue weighted by molar-refractivity contribution is 14.2. The highest BCUT2D eigenvalue weighted by Gasteiger charge is 2.16. The van der Waals surface area contributed by atoms with Gasteiger partial charge in [0.2, 0.25) is 0 Å². The maximum atomic E-state index is 5.87. The summed E-state index contributed by atoms with van der Waals surface area (Å²) in [4.78, 5) is 2.40. The number of thioether (sulfide) groups is 2. The van der Waals surface area contributed by atoms with Crippen LogP contribution < -0.4 is 9.47 Å². The third-order valence-electron chi connectivity index (χ3n) is 5.33. The second-order valence-corrected chi connectivity index (χ2v) is 13.9. The standard InChI is InChI=1S/C29H33IN2O2S2/c1(3-11-17-29-31(20-24-36-29)18-22-33-26-12-6-4-7-13-26)2-10-16-28-30-32(21-25-35-28)19-23-34-27-14-8-5-9-15-27/h1-17H,18-25H2/b2-1+,11-3+,16-10+,29-17-. The molecule has 7 heteroatoms. The Morgan fingerprint density at radius 1 is 0.722 bits per heavy atom. The Hall–Kier alpha value is -1.94. The smallest absolute Gasteiger partial charge is 0.119 e. The molecule has 0 aromatic heterocycles. The molecule has 0 atom stereocenters. The van der Waals surface area contributed by atoms with Gasteiger partial charge in [-0.15, -0.1) is 23.5 Å². The Morgan fingerprint density at radius 2 is 1.36 bits per heavy atom. The average molecular weight is 633 g/mol. The summed E-state index contributed by atoms with van der Waals surface area (Å²) >= 11 is 3.82. The molecular formula is C29H33IN2O2S2. The lowest BCUT2D eigenvalue weighted by atomic mass is 10.3. The van der Waals surface area contributed by atoms with Crippen LogP contribution in [0.2, 0.25) is 0 Å². The number of para-hydroxylation sites is 2. The summed E-state index contributed by atoms with van der Waals surface area (Å²) in [6.07, 6.45) is 15.1. The van der Waals surface area contributed by atoms with Crippen molar-refractivity contribution in [3.8, 4) is 11.5 Å². The monoisotopic (exact) mass is 632 g/mol. The molecule has 1 fully saturated rings. The van der Waals surface area contributed by atoms with Gasteiger partial charge in [0.1, 0.15) is 24.7 Å². The third-order valence-corrected chi connectivity index (χ3v) is 11.1. The number of benzene rings is 2. The predicted molar refractivity (Wildman–Crippen MR) is 166 cm³/mol. The summed E-state index contributed by atoms with van der Waals surface area (Å²) in [7, 11) is 0. The van der Waals surface area contributed by atoms with Crippen molar-refractivity contribution in [2.24, 2.45) is 0 Å². The molecule has 0 radical (unpaired) electrons. The van der Waals surface area contributed by atoms with Gasteiger partial charge in [-0.2, -0.15) is 0 Å². The van der Waals surface area contributed by atoms with Gasteiger partial charge in [-0.3, -0.25) is 0 Å². The molecule has 0 spiro atoms. The summed E-state index contributed by atoms with van der Waals surface area (Å²) in [5.41, 5.74) is 0. The van der Waals surface area contributed by atoms with E-state index in [1.165, 1.54) is 7.87 Å². The van der Waals surface area contributed by atoms with E-state index in [1.54, 1.807) is 0 Å². The van der Waals surface area contributed by atoms with E-state index in [-0.39, 0.29) is 21.0 Å². The number of ether oxygens (including phenoxy) is 2. The number of hydrogen-bond donors (Lipinski definition) is 0. The van der Waals surface area contributed by atoms with E-state index >= 15 is 0 Å². The summed E-state index contributed by atoms with van der Waals surface area (Å²) in [6.45, 7) is 5.61. The van der Waals surface area contributed by atoms with Gasteiger partial charge in [-0.05, 0) is 57.4 Å². The molecule has 190 valence electrons. The van der Waals surface area contributed by atoms with Crippen LogP contribution in [0.15, 0.2) is 108 Å². The Morgan fingerprint density at radius 3 is 2.11 bits per heavy atom. The van der Waals surface area contributed by atoms with Crippen LogP contribution in [0, 0.1) is 0 Å². The van der Waals surface area contributed by atoms with Crippen molar-refractivity contribution in [2.45, 2.75) is 0 Å². The number of rotatable bonds is 12. The largest absolute Gasteiger partial charge is 0.492 e. The molecule has 4 rings (SSSR count). The van der Waals surface area contributed by atoms with E-state index in [0.29, 0.717) is 6.61 Å². The summed E-state index contributed by atoms with van der Waals surface area (Å²) < 4.78 is 15.8. The number of nitrogens with zero attached hydrogens (tertiary/aromatic N) is 2. The maximum absolute atomic E-state index is 5.87. The molecule has 2 heterocycles. The van der Waals surface area contributed by atoms with E-state index in [1.807, 2.05) is 84.2 Å². The lowest BCUT2D eigenvalue weighted by Crippen LogP contribution is -2.25. The van der Waals surface area contributed by atoms with E-state index < -0.39 is 0 Å². The first-order chi connectivity index (χ1) is 17.9. The van der Waals surface area contributed by atoms with Crippen molar-refractivity contribution in [1.82, 2.24) is 8.01 Å². The third kappa shape index (κ3) is 9.84. The molecule has 1 saturated heterocycles. The predicted octanol–water partition coefficient (Wildman–Crippen LogP) is 6.77. The van der Waals surface area contributed by atoms with Crippen LogP contribution in [0.25, 0.3) is 0 Å². The van der Waals surface area contributed by atoms with E-state index in [4.69, 9.17) is 9.47 Å². The maximum Gasteiger partial charge on any atom is 0.119 e. The van der Waals surface area contributed by atoms with Crippen LogP contribution in [0.5, 0.6) is 11.5 Å². The molecule has 2 aliphatic rings. The number of hydrogen-bond acceptors (Lipinski definition) is 6. The zero-order chi connectivity index (χ0) is 24.7. The van der Waals surface area contributed by atoms with Gasteiger partial charge in [0, 0.05) is 31.1 Å². The minimum absolute atomic E-state index is 0.0954. The van der Waals surface area contributed by atoms with Crippen LogP contribution in [0.3, 0.4) is 0 Å². The molecule has 2 aliphatic heterocycles. The molecule has 2 aromatic rings. The van der Waals surface area contributed by atoms with E-state index in [0.717, 1.165) is 55.8 Å². The molecule has 0 N–H and O–H groups in total. The molecular weight excluding hydrogens is 599 g/mol. The molecule has 4 nitrogen and oxygen atoms in total. The van der Waals surface area contributed by atoms with Crippen LogP contribution in [0.1, 0.15) is 0 Å². The zero-order valence-electron chi connectivity index (χ0n) is 20.4. The van der Waals surface area contributed by atoms with Crippen molar-refractivity contribution in [2.75, 3.05) is 50.9 Å². The fourth-order valence-electron chi connectivity index (χ4n) is 3.53. The first-order valence-corrected chi connectivity index (χ1v) is 16.2. The van der Waals surface area contributed by atoms with Gasteiger partial charge in [0.15, 0.2) is 0 Å². The average Bonchev–Trinajstić information content (AvgIpc) is 3.37. The lowest BCUT2D eigenvalue weighted by Gasteiger charge is -2.22. The lowest BCUT2D eigenvalue weighted by molar-refractivity contribution is 0.261. The first-order valence-electron chi connectivity index (χ1n) is 12.2. The summed E-state index contributed by atoms with van der Waals surface area (Å²) in [5.74, 6) is 4.19. The normalized spacial score (nSPS) is 18.3. The fraction of sp³-hybridized carbons (Fsp3) is 0.276. The topological polar surface area (TPSA) is 24.9 Å².